The summed E-state index contributed by atoms with van der Waals surface area (Å²) in [4.78, 5) is 35.0. The van der Waals surface area contributed by atoms with Crippen LogP contribution in [0.5, 0.6) is 0 Å². The summed E-state index contributed by atoms with van der Waals surface area (Å²) in [5, 5.41) is 14.4. The van der Waals surface area contributed by atoms with Crippen molar-refractivity contribution < 1.29 is 19.4 Å². The lowest BCUT2D eigenvalue weighted by molar-refractivity contribution is -0.102. The number of piperidine rings is 1. The molecule has 36 heavy (non-hydrogen) atoms. The maximum atomic E-state index is 13.4. The van der Waals surface area contributed by atoms with Gasteiger partial charge in [0.2, 0.25) is 0 Å². The van der Waals surface area contributed by atoms with Gasteiger partial charge in [-0.1, -0.05) is 41.7 Å². The summed E-state index contributed by atoms with van der Waals surface area (Å²) >= 11 is 1.38. The van der Waals surface area contributed by atoms with Gasteiger partial charge in [0, 0.05) is 38.0 Å². The summed E-state index contributed by atoms with van der Waals surface area (Å²) in [5.74, 6) is -0.122. The maximum Gasteiger partial charge on any atom is 0.410 e. The Morgan fingerprint density at radius 2 is 1.94 bits per heavy atom. The Labute approximate surface area is 217 Å². The molecule has 0 saturated carbocycles. The number of nitrogens with one attached hydrogen (secondary N) is 1. The summed E-state index contributed by atoms with van der Waals surface area (Å²) in [5.41, 5.74) is -1.24. The quantitative estimate of drug-likeness (QED) is 0.588. The number of benzene rings is 1. The van der Waals surface area contributed by atoms with Crippen molar-refractivity contribution >= 4 is 28.5 Å². The van der Waals surface area contributed by atoms with Crippen LogP contribution in [0.25, 0.3) is 0 Å². The number of anilines is 1. The first-order chi connectivity index (χ1) is 16.9. The Kier molecular flexibility index (Phi) is 7.35. The first-order valence-electron chi connectivity index (χ1n) is 12.7. The molecule has 9 heteroatoms. The Morgan fingerprint density at radius 1 is 1.22 bits per heavy atom. The van der Waals surface area contributed by atoms with E-state index in [4.69, 9.17) is 4.74 Å². The lowest BCUT2D eigenvalue weighted by Crippen LogP contribution is -2.57. The van der Waals surface area contributed by atoms with Crippen molar-refractivity contribution in [3.8, 4) is 0 Å². The molecule has 2 aliphatic rings. The van der Waals surface area contributed by atoms with Gasteiger partial charge >= 0.3 is 6.09 Å². The van der Waals surface area contributed by atoms with E-state index in [1.807, 2.05) is 56.0 Å². The van der Waals surface area contributed by atoms with E-state index >= 15 is 0 Å². The molecule has 0 radical (unpaired) electrons. The van der Waals surface area contributed by atoms with Gasteiger partial charge in [-0.25, -0.2) is 9.78 Å². The number of amides is 2. The number of cyclic esters (lactones) is 1. The molecular formula is C27H38N4O4S. The lowest BCUT2D eigenvalue weighted by atomic mass is 9.80. The van der Waals surface area contributed by atoms with Crippen molar-refractivity contribution in [1.29, 1.82) is 0 Å². The van der Waals surface area contributed by atoms with Gasteiger partial charge in [-0.2, -0.15) is 0 Å². The monoisotopic (exact) mass is 514 g/mol. The fourth-order valence-electron chi connectivity index (χ4n) is 5.17. The van der Waals surface area contributed by atoms with Crippen LogP contribution < -0.4 is 10.2 Å². The highest BCUT2D eigenvalue weighted by Gasteiger charge is 2.47. The van der Waals surface area contributed by atoms with Gasteiger partial charge in [-0.3, -0.25) is 4.79 Å². The Bertz CT molecular complexity index is 1080. The zero-order valence-corrected chi connectivity index (χ0v) is 22.7. The van der Waals surface area contributed by atoms with E-state index < -0.39 is 11.2 Å². The van der Waals surface area contributed by atoms with Crippen molar-refractivity contribution in [2.45, 2.75) is 83.1 Å². The minimum Gasteiger partial charge on any atom is -0.438 e. The van der Waals surface area contributed by atoms with Gasteiger partial charge in [-0.05, 0) is 53.0 Å². The van der Waals surface area contributed by atoms with Crippen LogP contribution in [0, 0.1) is 0 Å². The molecular weight excluding hydrogens is 476 g/mol. The van der Waals surface area contributed by atoms with Gasteiger partial charge in [-0.15, -0.1) is 0 Å². The predicted octanol–water partition coefficient (Wildman–Crippen LogP) is 4.54. The van der Waals surface area contributed by atoms with Crippen LogP contribution in [0.2, 0.25) is 0 Å². The van der Waals surface area contributed by atoms with E-state index in [0.717, 1.165) is 30.1 Å². The van der Waals surface area contributed by atoms with Gasteiger partial charge in [0.05, 0.1) is 17.8 Å². The van der Waals surface area contributed by atoms with Crippen LogP contribution in [-0.2, 0) is 10.3 Å². The first kappa shape index (κ1) is 26.4. The van der Waals surface area contributed by atoms with Gasteiger partial charge < -0.3 is 25.0 Å². The molecule has 4 rings (SSSR count). The Morgan fingerprint density at radius 3 is 2.58 bits per heavy atom. The first-order valence-corrected chi connectivity index (χ1v) is 13.5. The van der Waals surface area contributed by atoms with Crippen molar-refractivity contribution in [2.75, 3.05) is 24.5 Å². The number of carbonyl (C=O) groups is 2. The predicted molar refractivity (Wildman–Crippen MR) is 141 cm³/mol. The van der Waals surface area contributed by atoms with Crippen LogP contribution >= 0.6 is 11.3 Å². The molecule has 2 amide bonds. The van der Waals surface area contributed by atoms with Gasteiger partial charge in [0.25, 0.3) is 5.91 Å². The number of hydrogen-bond donors (Lipinski definition) is 2. The molecule has 2 aliphatic heterocycles. The maximum absolute atomic E-state index is 13.4. The van der Waals surface area contributed by atoms with Crippen molar-refractivity contribution in [3.05, 3.63) is 47.0 Å². The molecule has 0 unspecified atom stereocenters. The highest BCUT2D eigenvalue weighted by molar-refractivity contribution is 7.17. The molecule has 0 aliphatic carbocycles. The number of ether oxygens (including phenoxy) is 1. The average Bonchev–Trinajstić information content (AvgIpc) is 3.28. The number of hydrogen-bond acceptors (Lipinski definition) is 7. The molecule has 1 aromatic heterocycles. The second kappa shape index (κ2) is 10.0. The van der Waals surface area contributed by atoms with Crippen LogP contribution in [0.15, 0.2) is 36.5 Å². The van der Waals surface area contributed by atoms with Crippen molar-refractivity contribution in [2.24, 2.45) is 0 Å². The molecule has 2 atom stereocenters. The number of nitrogens with zero attached hydrogens (tertiary/aromatic N) is 3. The lowest BCUT2D eigenvalue weighted by Gasteiger charge is -2.47. The zero-order chi connectivity index (χ0) is 26.1. The molecule has 2 fully saturated rings. The average molecular weight is 515 g/mol. The third-order valence-electron chi connectivity index (χ3n) is 6.61. The number of rotatable bonds is 6. The number of aliphatic hydroxyl groups is 1. The van der Waals surface area contributed by atoms with E-state index in [-0.39, 0.29) is 23.6 Å². The van der Waals surface area contributed by atoms with Gasteiger partial charge in [0.1, 0.15) is 10.5 Å². The summed E-state index contributed by atoms with van der Waals surface area (Å²) in [6, 6.07) is 9.74. The van der Waals surface area contributed by atoms with E-state index in [0.29, 0.717) is 30.8 Å². The topological polar surface area (TPSA) is 95.0 Å². The summed E-state index contributed by atoms with van der Waals surface area (Å²) in [6.45, 7) is 11.4. The van der Waals surface area contributed by atoms with E-state index in [1.54, 1.807) is 20.0 Å². The van der Waals surface area contributed by atoms with E-state index in [9.17, 15) is 14.7 Å². The van der Waals surface area contributed by atoms with Crippen molar-refractivity contribution in [1.82, 2.24) is 15.2 Å². The van der Waals surface area contributed by atoms with Crippen LogP contribution in [0.4, 0.5) is 9.93 Å². The van der Waals surface area contributed by atoms with Crippen LogP contribution in [0.3, 0.4) is 0 Å². The highest BCUT2D eigenvalue weighted by Crippen LogP contribution is 2.41. The molecule has 2 saturated heterocycles. The second-order valence-electron chi connectivity index (χ2n) is 11.6. The Hall–Kier alpha value is -2.65. The fourth-order valence-corrected chi connectivity index (χ4v) is 6.02. The second-order valence-corrected chi connectivity index (χ2v) is 12.6. The van der Waals surface area contributed by atoms with Gasteiger partial charge in [0.15, 0.2) is 5.13 Å². The van der Waals surface area contributed by atoms with Crippen molar-refractivity contribution in [3.63, 3.8) is 0 Å². The smallest absolute Gasteiger partial charge is 0.410 e. The zero-order valence-electron chi connectivity index (χ0n) is 21.9. The summed E-state index contributed by atoms with van der Waals surface area (Å²) in [6.07, 6.45) is 4.04. The SMILES string of the molecule is CC(C)(O)C[C@]1(c2ccccc2)CCN([C@H]2CCCN(c3ncc(C(=O)NC(C)(C)C)s3)C2)C(=O)O1. The minimum absolute atomic E-state index is 0.00193. The van der Waals surface area contributed by atoms with Crippen LogP contribution in [-0.4, -0.2) is 63.8 Å². The Balaban J connectivity index is 1.46. The molecule has 1 aromatic carbocycles. The third-order valence-corrected chi connectivity index (χ3v) is 7.66. The van der Waals surface area contributed by atoms with Crippen LogP contribution in [0.1, 0.15) is 75.5 Å². The fraction of sp³-hybridized carbons (Fsp3) is 0.593. The molecule has 3 heterocycles. The molecule has 0 bridgehead atoms. The van der Waals surface area contributed by atoms with E-state index in [2.05, 4.69) is 15.2 Å². The molecule has 2 aromatic rings. The standard InChI is InChI=1S/C27H38N4O4S/c1-25(2,3)29-22(32)21-16-28-23(36-21)30-14-9-12-20(17-30)31-15-13-27(35-24(31)33,18-26(4,5)34)19-10-7-6-8-11-19/h6-8,10-11,16,20,34H,9,12-15,17-18H2,1-5H3,(H,29,32)/t20-,27-/m0/s1. The minimum atomic E-state index is -0.984. The molecule has 196 valence electrons. The summed E-state index contributed by atoms with van der Waals surface area (Å²) in [7, 11) is 0. The molecule has 2 N–H and O–H groups in total. The molecule has 8 nitrogen and oxygen atoms in total. The summed E-state index contributed by atoms with van der Waals surface area (Å²) < 4.78 is 6.17. The normalized spacial score (nSPS) is 23.4. The largest absolute Gasteiger partial charge is 0.438 e. The highest BCUT2D eigenvalue weighted by atomic mass is 32.1. The van der Waals surface area contributed by atoms with E-state index in [1.165, 1.54) is 11.3 Å². The molecule has 0 spiro atoms. The number of aromatic nitrogens is 1. The number of thiazole rings is 1. The number of carbonyl (C=O) groups excluding carboxylic acids is 2. The third kappa shape index (κ3) is 6.18.